The zero-order chi connectivity index (χ0) is 17.4. The van der Waals surface area contributed by atoms with Crippen molar-refractivity contribution in [1.82, 2.24) is 15.0 Å². The first-order chi connectivity index (χ1) is 12.1. The third kappa shape index (κ3) is 3.09. The molecule has 25 heavy (non-hydrogen) atoms. The van der Waals surface area contributed by atoms with Crippen LogP contribution in [0.3, 0.4) is 0 Å². The first-order valence-corrected chi connectivity index (χ1v) is 9.01. The van der Waals surface area contributed by atoms with Crippen molar-refractivity contribution in [3.05, 3.63) is 47.4 Å². The van der Waals surface area contributed by atoms with Crippen molar-refractivity contribution < 1.29 is 13.7 Å². The molecule has 0 bridgehead atoms. The quantitative estimate of drug-likeness (QED) is 0.825. The van der Waals surface area contributed by atoms with Gasteiger partial charge in [-0.15, -0.1) is 0 Å². The van der Waals surface area contributed by atoms with E-state index in [1.165, 1.54) is 6.07 Å². The van der Waals surface area contributed by atoms with Crippen LogP contribution >= 0.6 is 0 Å². The molecule has 2 heterocycles. The van der Waals surface area contributed by atoms with E-state index in [2.05, 4.69) is 22.0 Å². The largest absolute Gasteiger partial charge is 0.368 e. The van der Waals surface area contributed by atoms with Gasteiger partial charge in [0.15, 0.2) is 5.82 Å². The zero-order valence-corrected chi connectivity index (χ0v) is 14.7. The second-order valence-electron chi connectivity index (χ2n) is 7.16. The summed E-state index contributed by atoms with van der Waals surface area (Å²) in [7, 11) is 1.71. The number of halogens is 1. The van der Waals surface area contributed by atoms with Gasteiger partial charge in [0.1, 0.15) is 11.4 Å². The molecule has 0 N–H and O–H groups in total. The Balaban J connectivity index is 1.48. The standard InChI is InChI=1S/C19H24FN3O2/c1-13(15-5-3-4-6-16(15)20)23-11-9-19(24-2,10-12-23)18-21-17(22-25-18)14-7-8-14/h3-6,13-14H,7-12H2,1-2H3/t13-/m0/s1. The molecule has 2 fully saturated rings. The zero-order valence-electron chi connectivity index (χ0n) is 14.7. The van der Waals surface area contributed by atoms with E-state index >= 15 is 0 Å². The Labute approximate surface area is 147 Å². The number of benzene rings is 1. The van der Waals surface area contributed by atoms with Gasteiger partial charge in [-0.1, -0.05) is 23.4 Å². The van der Waals surface area contributed by atoms with Crippen molar-refractivity contribution >= 4 is 0 Å². The van der Waals surface area contributed by atoms with Crippen LogP contribution in [0.4, 0.5) is 4.39 Å². The molecule has 1 saturated heterocycles. The van der Waals surface area contributed by atoms with Gasteiger partial charge in [-0.25, -0.2) is 4.39 Å². The summed E-state index contributed by atoms with van der Waals surface area (Å²) in [4.78, 5) is 6.89. The van der Waals surface area contributed by atoms with E-state index in [0.29, 0.717) is 11.8 Å². The lowest BCUT2D eigenvalue weighted by Crippen LogP contribution is -2.45. The fraction of sp³-hybridized carbons (Fsp3) is 0.579. The van der Waals surface area contributed by atoms with Gasteiger partial charge in [-0.3, -0.25) is 4.90 Å². The van der Waals surface area contributed by atoms with E-state index in [0.717, 1.165) is 50.2 Å². The van der Waals surface area contributed by atoms with Crippen LogP contribution in [-0.4, -0.2) is 35.2 Å². The molecule has 4 rings (SSSR count). The molecule has 0 radical (unpaired) electrons. The third-order valence-corrected chi connectivity index (χ3v) is 5.67. The molecule has 0 unspecified atom stereocenters. The van der Waals surface area contributed by atoms with Crippen LogP contribution in [0.2, 0.25) is 0 Å². The molecule has 1 saturated carbocycles. The fourth-order valence-electron chi connectivity index (χ4n) is 3.72. The maximum atomic E-state index is 14.1. The van der Waals surface area contributed by atoms with Crippen molar-refractivity contribution in [1.29, 1.82) is 0 Å². The molecule has 134 valence electrons. The lowest BCUT2D eigenvalue weighted by Gasteiger charge is -2.41. The number of piperidine rings is 1. The number of ether oxygens (including phenoxy) is 1. The number of hydrogen-bond donors (Lipinski definition) is 0. The topological polar surface area (TPSA) is 51.4 Å². The number of nitrogens with zero attached hydrogens (tertiary/aromatic N) is 3. The van der Waals surface area contributed by atoms with Crippen LogP contribution in [0.5, 0.6) is 0 Å². The van der Waals surface area contributed by atoms with E-state index in [-0.39, 0.29) is 11.9 Å². The highest BCUT2D eigenvalue weighted by Crippen LogP contribution is 2.42. The molecule has 2 aromatic rings. The number of hydrogen-bond acceptors (Lipinski definition) is 5. The molecule has 1 aromatic heterocycles. The smallest absolute Gasteiger partial charge is 0.258 e. The predicted molar refractivity (Wildman–Crippen MR) is 90.6 cm³/mol. The van der Waals surface area contributed by atoms with Gasteiger partial charge in [0, 0.05) is 37.7 Å². The maximum absolute atomic E-state index is 14.1. The Morgan fingerprint density at radius 1 is 1.28 bits per heavy atom. The van der Waals surface area contributed by atoms with Gasteiger partial charge in [0.25, 0.3) is 5.89 Å². The lowest BCUT2D eigenvalue weighted by atomic mass is 9.89. The van der Waals surface area contributed by atoms with Crippen LogP contribution in [0, 0.1) is 5.82 Å². The molecule has 1 aliphatic heterocycles. The monoisotopic (exact) mass is 345 g/mol. The molecule has 0 spiro atoms. The van der Waals surface area contributed by atoms with Gasteiger partial charge in [-0.2, -0.15) is 4.98 Å². The second kappa shape index (κ2) is 6.50. The summed E-state index contributed by atoms with van der Waals surface area (Å²) in [5.41, 5.74) is 0.215. The van der Waals surface area contributed by atoms with Crippen LogP contribution in [-0.2, 0) is 10.3 Å². The average Bonchev–Trinajstić information content (AvgIpc) is 3.38. The van der Waals surface area contributed by atoms with Gasteiger partial charge < -0.3 is 9.26 Å². The highest BCUT2D eigenvalue weighted by molar-refractivity contribution is 5.21. The molecule has 0 amide bonds. The number of methoxy groups -OCH3 is 1. The molecule has 2 aliphatic rings. The van der Waals surface area contributed by atoms with Gasteiger partial charge >= 0.3 is 0 Å². The van der Waals surface area contributed by atoms with E-state index < -0.39 is 5.60 Å². The number of likely N-dealkylation sites (tertiary alicyclic amines) is 1. The summed E-state index contributed by atoms with van der Waals surface area (Å²) in [5.74, 6) is 1.72. The van der Waals surface area contributed by atoms with Crippen molar-refractivity contribution in [2.24, 2.45) is 0 Å². The minimum Gasteiger partial charge on any atom is -0.368 e. The van der Waals surface area contributed by atoms with Gasteiger partial charge in [-0.05, 0) is 38.7 Å². The summed E-state index contributed by atoms with van der Waals surface area (Å²) in [6.45, 7) is 3.64. The fourth-order valence-corrected chi connectivity index (χ4v) is 3.72. The predicted octanol–water partition coefficient (Wildman–Crippen LogP) is 3.78. The van der Waals surface area contributed by atoms with Crippen LogP contribution in [0.1, 0.15) is 61.8 Å². The summed E-state index contributed by atoms with van der Waals surface area (Å²) in [5, 5.41) is 4.13. The number of rotatable bonds is 5. The van der Waals surface area contributed by atoms with Crippen molar-refractivity contribution in [2.75, 3.05) is 20.2 Å². The summed E-state index contributed by atoms with van der Waals surface area (Å²) >= 11 is 0. The minimum atomic E-state index is -0.522. The van der Waals surface area contributed by atoms with E-state index in [1.807, 2.05) is 12.1 Å². The van der Waals surface area contributed by atoms with Crippen molar-refractivity contribution in [3.8, 4) is 0 Å². The summed E-state index contributed by atoms with van der Waals surface area (Å²) in [6, 6.07) is 7.02. The van der Waals surface area contributed by atoms with Crippen molar-refractivity contribution in [2.45, 2.75) is 50.2 Å². The lowest BCUT2D eigenvalue weighted by molar-refractivity contribution is -0.0878. The SMILES string of the molecule is COC1(c2nc(C3CC3)no2)CCN([C@@H](C)c2ccccc2F)CC1. The van der Waals surface area contributed by atoms with E-state index in [4.69, 9.17) is 9.26 Å². The molecule has 1 aliphatic carbocycles. The maximum Gasteiger partial charge on any atom is 0.258 e. The molecule has 1 aromatic carbocycles. The second-order valence-corrected chi connectivity index (χ2v) is 7.16. The Morgan fingerprint density at radius 3 is 2.64 bits per heavy atom. The Bertz CT molecular complexity index is 736. The van der Waals surface area contributed by atoms with E-state index in [1.54, 1.807) is 13.2 Å². The molecular weight excluding hydrogens is 321 g/mol. The van der Waals surface area contributed by atoms with E-state index in [9.17, 15) is 4.39 Å². The summed E-state index contributed by atoms with van der Waals surface area (Å²) < 4.78 is 25.5. The molecular formula is C19H24FN3O2. The van der Waals surface area contributed by atoms with Gasteiger partial charge in [0.2, 0.25) is 0 Å². The van der Waals surface area contributed by atoms with Crippen LogP contribution in [0.25, 0.3) is 0 Å². The highest BCUT2D eigenvalue weighted by Gasteiger charge is 2.43. The normalized spacial score (nSPS) is 22.0. The number of aromatic nitrogens is 2. The van der Waals surface area contributed by atoms with Crippen molar-refractivity contribution in [3.63, 3.8) is 0 Å². The third-order valence-electron chi connectivity index (χ3n) is 5.67. The van der Waals surface area contributed by atoms with Crippen LogP contribution in [0.15, 0.2) is 28.8 Å². The molecule has 5 nitrogen and oxygen atoms in total. The molecule has 1 atom stereocenters. The Hall–Kier alpha value is -1.79. The first-order valence-electron chi connectivity index (χ1n) is 9.01. The Kier molecular flexibility index (Phi) is 4.33. The average molecular weight is 345 g/mol. The minimum absolute atomic E-state index is 0.0285. The van der Waals surface area contributed by atoms with Crippen LogP contribution < -0.4 is 0 Å². The first kappa shape index (κ1) is 16.7. The highest BCUT2D eigenvalue weighted by atomic mass is 19.1. The molecule has 6 heteroatoms. The Morgan fingerprint density at radius 2 is 2.00 bits per heavy atom. The van der Waals surface area contributed by atoms with Gasteiger partial charge in [0.05, 0.1) is 0 Å². The summed E-state index contributed by atoms with van der Waals surface area (Å²) in [6.07, 6.45) is 3.81.